The molecule has 1 aliphatic heterocycles. The molecule has 1 saturated heterocycles. The summed E-state index contributed by atoms with van der Waals surface area (Å²) in [6.45, 7) is 7.27. The molecule has 1 atom stereocenters. The fourth-order valence-corrected chi connectivity index (χ4v) is 3.41. The largest absolute Gasteiger partial charge is 0.274 e. The van der Waals surface area contributed by atoms with Crippen molar-refractivity contribution in [1.29, 1.82) is 0 Å². The number of imide groups is 1. The molecule has 7 heteroatoms. The van der Waals surface area contributed by atoms with Crippen LogP contribution in [0, 0.1) is 12.8 Å². The summed E-state index contributed by atoms with van der Waals surface area (Å²) in [4.78, 5) is 52.5. The van der Waals surface area contributed by atoms with Crippen molar-refractivity contribution in [2.24, 2.45) is 5.92 Å². The van der Waals surface area contributed by atoms with E-state index in [0.717, 1.165) is 27.5 Å². The summed E-state index contributed by atoms with van der Waals surface area (Å²) in [6.07, 6.45) is 0.646. The fraction of sp³-hybridized carbons (Fsp3) is 0.333. The number of hydrogen-bond acceptors (Lipinski definition) is 4. The van der Waals surface area contributed by atoms with Crippen LogP contribution in [0.3, 0.4) is 0 Å². The molecule has 0 aliphatic carbocycles. The highest BCUT2D eigenvalue weighted by atomic mass is 16.2. The quantitative estimate of drug-likeness (QED) is 0.594. The van der Waals surface area contributed by atoms with Crippen molar-refractivity contribution in [3.8, 4) is 0 Å². The van der Waals surface area contributed by atoms with Crippen LogP contribution >= 0.6 is 0 Å². The predicted octanol–water partition coefficient (Wildman–Crippen LogP) is 3.02. The summed E-state index contributed by atoms with van der Waals surface area (Å²) < 4.78 is 0. The molecule has 2 aromatic rings. The molecule has 0 spiro atoms. The van der Waals surface area contributed by atoms with E-state index in [-0.39, 0.29) is 6.42 Å². The molecule has 2 aromatic carbocycles. The lowest BCUT2D eigenvalue weighted by molar-refractivity contribution is -0.143. The third-order valence-electron chi connectivity index (χ3n) is 5.30. The topological polar surface area (TPSA) is 86.8 Å². The van der Waals surface area contributed by atoms with Crippen LogP contribution < -0.4 is 10.3 Å². The minimum atomic E-state index is -1.09. The van der Waals surface area contributed by atoms with Crippen LogP contribution in [0.25, 0.3) is 0 Å². The first-order valence-corrected chi connectivity index (χ1v) is 10.4. The van der Waals surface area contributed by atoms with Gasteiger partial charge in [0, 0.05) is 11.5 Å². The Morgan fingerprint density at radius 2 is 1.68 bits per heavy atom. The third-order valence-corrected chi connectivity index (χ3v) is 5.30. The van der Waals surface area contributed by atoms with Crippen LogP contribution in [0.2, 0.25) is 0 Å². The van der Waals surface area contributed by atoms with Crippen molar-refractivity contribution in [3.63, 3.8) is 0 Å². The van der Waals surface area contributed by atoms with E-state index < -0.39 is 35.6 Å². The second-order valence-corrected chi connectivity index (χ2v) is 7.98. The zero-order chi connectivity index (χ0) is 22.7. The van der Waals surface area contributed by atoms with E-state index in [1.54, 1.807) is 50.2 Å². The van der Waals surface area contributed by atoms with Crippen LogP contribution in [0.4, 0.5) is 5.69 Å². The zero-order valence-electron chi connectivity index (χ0n) is 18.2. The normalized spacial score (nSPS) is 16.0. The maximum Gasteiger partial charge on any atom is 0.269 e. The lowest BCUT2D eigenvalue weighted by atomic mass is 10.1. The molecular weight excluding hydrogens is 394 g/mol. The summed E-state index contributed by atoms with van der Waals surface area (Å²) in [5.74, 6) is -2.37. The molecule has 0 radical (unpaired) electrons. The van der Waals surface area contributed by atoms with Crippen molar-refractivity contribution in [1.82, 2.24) is 10.4 Å². The van der Waals surface area contributed by atoms with Crippen LogP contribution in [0.1, 0.15) is 48.7 Å². The first kappa shape index (κ1) is 22.2. The molecule has 1 unspecified atom stereocenters. The maximum absolute atomic E-state index is 13.2. The van der Waals surface area contributed by atoms with E-state index in [2.05, 4.69) is 5.43 Å². The van der Waals surface area contributed by atoms with Gasteiger partial charge in [-0.05, 0) is 43.2 Å². The van der Waals surface area contributed by atoms with Gasteiger partial charge in [-0.1, -0.05) is 50.6 Å². The lowest BCUT2D eigenvalue weighted by Gasteiger charge is -2.29. The Balaban J connectivity index is 1.87. The number of aryl methyl sites for hydroxylation is 2. The number of amides is 4. The van der Waals surface area contributed by atoms with Gasteiger partial charge in [-0.15, -0.1) is 0 Å². The van der Waals surface area contributed by atoms with E-state index in [4.69, 9.17) is 0 Å². The van der Waals surface area contributed by atoms with Gasteiger partial charge in [0.2, 0.25) is 11.8 Å². The van der Waals surface area contributed by atoms with Gasteiger partial charge in [0.25, 0.3) is 11.8 Å². The van der Waals surface area contributed by atoms with E-state index in [1.165, 1.54) is 0 Å². The second kappa shape index (κ2) is 9.12. The zero-order valence-corrected chi connectivity index (χ0v) is 18.2. The summed E-state index contributed by atoms with van der Waals surface area (Å²) in [7, 11) is 0. The smallest absolute Gasteiger partial charge is 0.269 e. The van der Waals surface area contributed by atoms with Crippen LogP contribution in [-0.2, 0) is 20.8 Å². The number of nitrogens with zero attached hydrogens (tertiary/aromatic N) is 2. The van der Waals surface area contributed by atoms with Crippen LogP contribution in [-0.4, -0.2) is 34.7 Å². The highest BCUT2D eigenvalue weighted by Crippen LogP contribution is 2.26. The number of anilines is 1. The predicted molar refractivity (Wildman–Crippen MR) is 117 cm³/mol. The van der Waals surface area contributed by atoms with Crippen molar-refractivity contribution in [2.45, 2.75) is 46.6 Å². The van der Waals surface area contributed by atoms with E-state index in [0.29, 0.717) is 11.3 Å². The molecule has 1 heterocycles. The van der Waals surface area contributed by atoms with Crippen molar-refractivity contribution in [3.05, 3.63) is 65.2 Å². The van der Waals surface area contributed by atoms with Gasteiger partial charge in [-0.3, -0.25) is 24.6 Å². The minimum absolute atomic E-state index is 0.193. The number of carbonyl (C=O) groups is 4. The Hall–Kier alpha value is -3.48. The summed E-state index contributed by atoms with van der Waals surface area (Å²) in [6, 6.07) is 12.9. The van der Waals surface area contributed by atoms with Crippen LogP contribution in [0.15, 0.2) is 48.5 Å². The molecule has 3 rings (SSSR count). The number of rotatable bonds is 5. The van der Waals surface area contributed by atoms with Gasteiger partial charge in [0.15, 0.2) is 0 Å². The summed E-state index contributed by atoms with van der Waals surface area (Å²) in [5, 5.41) is 1.02. The van der Waals surface area contributed by atoms with E-state index >= 15 is 0 Å². The summed E-state index contributed by atoms with van der Waals surface area (Å²) in [5.41, 5.74) is 5.45. The second-order valence-electron chi connectivity index (χ2n) is 7.98. The van der Waals surface area contributed by atoms with Gasteiger partial charge in [-0.2, -0.15) is 0 Å². The molecule has 0 bridgehead atoms. The molecule has 0 saturated carbocycles. The minimum Gasteiger partial charge on any atom is -0.274 e. The molecule has 31 heavy (non-hydrogen) atoms. The number of carbonyl (C=O) groups excluding carboxylic acids is 4. The number of hydrazine groups is 1. The third kappa shape index (κ3) is 4.66. The lowest BCUT2D eigenvalue weighted by Crippen LogP contribution is -2.55. The number of nitrogens with one attached hydrogen (secondary N) is 1. The molecule has 162 valence electrons. The average Bonchev–Trinajstić information content (AvgIpc) is 3.05. The Labute approximate surface area is 182 Å². The SMILES string of the molecule is CCc1ccc(N2C(=O)CC(N(NC(=O)c3ccc(C)cc3)C(=O)C(C)C)C2=O)cc1. The monoisotopic (exact) mass is 421 g/mol. The van der Waals surface area contributed by atoms with E-state index in [1.807, 2.05) is 26.0 Å². The van der Waals surface area contributed by atoms with E-state index in [9.17, 15) is 19.2 Å². The first-order valence-electron chi connectivity index (χ1n) is 10.4. The fourth-order valence-electron chi connectivity index (χ4n) is 3.41. The van der Waals surface area contributed by atoms with Gasteiger partial charge in [-0.25, -0.2) is 9.91 Å². The van der Waals surface area contributed by atoms with Gasteiger partial charge in [0.05, 0.1) is 12.1 Å². The highest BCUT2D eigenvalue weighted by molar-refractivity contribution is 6.23. The maximum atomic E-state index is 13.2. The number of hydrogen-bond donors (Lipinski definition) is 1. The Morgan fingerprint density at radius 3 is 2.23 bits per heavy atom. The van der Waals surface area contributed by atoms with Crippen LogP contribution in [0.5, 0.6) is 0 Å². The van der Waals surface area contributed by atoms with Gasteiger partial charge >= 0.3 is 0 Å². The van der Waals surface area contributed by atoms with Gasteiger partial charge in [0.1, 0.15) is 6.04 Å². The Morgan fingerprint density at radius 1 is 1.06 bits per heavy atom. The molecule has 1 N–H and O–H groups in total. The van der Waals surface area contributed by atoms with Crippen molar-refractivity contribution in [2.75, 3.05) is 4.90 Å². The number of benzene rings is 2. The Bertz CT molecular complexity index is 996. The molecule has 4 amide bonds. The summed E-state index contributed by atoms with van der Waals surface area (Å²) >= 11 is 0. The Kier molecular flexibility index (Phi) is 6.53. The molecule has 0 aromatic heterocycles. The molecule has 7 nitrogen and oxygen atoms in total. The average molecular weight is 421 g/mol. The molecular formula is C24H27N3O4. The molecule has 1 aliphatic rings. The standard InChI is InChI=1S/C24H27N3O4/c1-5-17-8-12-19(13-9-17)26-21(28)14-20(24(26)31)27(23(30)15(2)3)25-22(29)18-10-6-16(4)7-11-18/h6-13,15,20H,5,14H2,1-4H3,(H,25,29). The highest BCUT2D eigenvalue weighted by Gasteiger charge is 2.45. The molecule has 1 fully saturated rings. The van der Waals surface area contributed by atoms with Crippen molar-refractivity contribution >= 4 is 29.3 Å². The van der Waals surface area contributed by atoms with Gasteiger partial charge < -0.3 is 0 Å². The van der Waals surface area contributed by atoms with Crippen molar-refractivity contribution < 1.29 is 19.2 Å². The first-order chi connectivity index (χ1) is 14.7.